The van der Waals surface area contributed by atoms with Crippen LogP contribution in [0.5, 0.6) is 5.75 Å². The Balaban J connectivity index is 1.88. The van der Waals surface area contributed by atoms with Gasteiger partial charge in [0.05, 0.1) is 25.7 Å². The van der Waals surface area contributed by atoms with Gasteiger partial charge in [-0.05, 0) is 49.1 Å². The third kappa shape index (κ3) is 5.05. The number of rotatable bonds is 7. The van der Waals surface area contributed by atoms with Gasteiger partial charge >= 0.3 is 5.97 Å². The molecule has 3 aromatic rings. The maximum absolute atomic E-state index is 12.9. The summed E-state index contributed by atoms with van der Waals surface area (Å²) < 4.78 is 10.4. The van der Waals surface area contributed by atoms with Crippen LogP contribution in [-0.2, 0) is 9.53 Å². The van der Waals surface area contributed by atoms with E-state index < -0.39 is 17.9 Å². The van der Waals surface area contributed by atoms with Gasteiger partial charge in [0.15, 0.2) is 0 Å². The standard InChI is InChI=1S/C23H24N2O5/c1-14(2)30-21(26)13-19(15-8-10-17(29-3)11-9-15)24-23(28)20-12-16-6-4-5-7-18(16)22(27)25-20/h4-12,14,19H,13H2,1-3H3,(H,24,28)(H,25,27)/t19-/m1/s1. The number of amides is 1. The molecule has 1 amide bonds. The highest BCUT2D eigenvalue weighted by atomic mass is 16.5. The summed E-state index contributed by atoms with van der Waals surface area (Å²) in [5, 5.41) is 3.99. The molecule has 3 rings (SSSR count). The van der Waals surface area contributed by atoms with E-state index in [2.05, 4.69) is 10.3 Å². The third-order valence-corrected chi connectivity index (χ3v) is 4.56. The number of H-pyrrole nitrogens is 1. The molecule has 2 aromatic carbocycles. The quantitative estimate of drug-likeness (QED) is 0.585. The Kier molecular flexibility index (Phi) is 6.51. The van der Waals surface area contributed by atoms with Gasteiger partial charge in [-0.15, -0.1) is 0 Å². The first-order valence-corrected chi connectivity index (χ1v) is 9.63. The summed E-state index contributed by atoms with van der Waals surface area (Å²) in [6, 6.07) is 15.0. The highest BCUT2D eigenvalue weighted by molar-refractivity contribution is 5.96. The molecule has 0 aliphatic rings. The lowest BCUT2D eigenvalue weighted by atomic mass is 10.0. The summed E-state index contributed by atoms with van der Waals surface area (Å²) in [5.41, 5.74) is 0.487. The third-order valence-electron chi connectivity index (χ3n) is 4.56. The van der Waals surface area contributed by atoms with Gasteiger partial charge in [0.2, 0.25) is 0 Å². The zero-order chi connectivity index (χ0) is 21.7. The first-order chi connectivity index (χ1) is 14.4. The van der Waals surface area contributed by atoms with Crippen LogP contribution in [0.4, 0.5) is 0 Å². The van der Waals surface area contributed by atoms with Crippen LogP contribution < -0.4 is 15.6 Å². The van der Waals surface area contributed by atoms with E-state index in [-0.39, 0.29) is 23.8 Å². The molecule has 0 unspecified atom stereocenters. The summed E-state index contributed by atoms with van der Waals surface area (Å²) in [4.78, 5) is 40.1. The number of aromatic nitrogens is 1. The zero-order valence-corrected chi connectivity index (χ0v) is 17.1. The normalized spacial score (nSPS) is 11.9. The minimum absolute atomic E-state index is 0.0476. The molecule has 7 heteroatoms. The average molecular weight is 408 g/mol. The van der Waals surface area contributed by atoms with Gasteiger partial charge in [-0.3, -0.25) is 14.4 Å². The first kappa shape index (κ1) is 21.1. The van der Waals surface area contributed by atoms with Crippen LogP contribution in [0.2, 0.25) is 0 Å². The molecule has 1 aromatic heterocycles. The van der Waals surface area contributed by atoms with Gasteiger partial charge in [-0.25, -0.2) is 0 Å². The van der Waals surface area contributed by atoms with E-state index in [4.69, 9.17) is 9.47 Å². The summed E-state index contributed by atoms with van der Waals surface area (Å²) in [6.07, 6.45) is -0.310. The molecule has 0 spiro atoms. The van der Waals surface area contributed by atoms with Gasteiger partial charge in [-0.2, -0.15) is 0 Å². The fraction of sp³-hybridized carbons (Fsp3) is 0.261. The smallest absolute Gasteiger partial charge is 0.308 e. The van der Waals surface area contributed by atoms with Crippen LogP contribution >= 0.6 is 0 Å². The molecule has 0 saturated heterocycles. The predicted molar refractivity (Wildman–Crippen MR) is 114 cm³/mol. The maximum atomic E-state index is 12.9. The molecular weight excluding hydrogens is 384 g/mol. The molecule has 30 heavy (non-hydrogen) atoms. The Morgan fingerprint density at radius 3 is 2.43 bits per heavy atom. The topological polar surface area (TPSA) is 97.5 Å². The molecule has 7 nitrogen and oxygen atoms in total. The largest absolute Gasteiger partial charge is 0.497 e. The second-order valence-electron chi connectivity index (χ2n) is 7.14. The van der Waals surface area contributed by atoms with Crippen LogP contribution in [0.25, 0.3) is 10.8 Å². The Morgan fingerprint density at radius 2 is 1.77 bits per heavy atom. The van der Waals surface area contributed by atoms with Crippen LogP contribution in [0.3, 0.4) is 0 Å². The number of nitrogens with one attached hydrogen (secondary N) is 2. The molecule has 2 N–H and O–H groups in total. The monoisotopic (exact) mass is 408 g/mol. The van der Waals surface area contributed by atoms with Crippen molar-refractivity contribution in [2.45, 2.75) is 32.4 Å². The van der Waals surface area contributed by atoms with Gasteiger partial charge in [0, 0.05) is 5.39 Å². The number of hydrogen-bond donors (Lipinski definition) is 2. The molecule has 0 aliphatic carbocycles. The van der Waals surface area contributed by atoms with Gasteiger partial charge in [0.25, 0.3) is 11.5 Å². The number of methoxy groups -OCH3 is 1. The number of pyridine rings is 1. The summed E-state index contributed by atoms with van der Waals surface area (Å²) >= 11 is 0. The van der Waals surface area contributed by atoms with Crippen molar-refractivity contribution >= 4 is 22.6 Å². The van der Waals surface area contributed by atoms with Crippen molar-refractivity contribution in [1.29, 1.82) is 0 Å². The highest BCUT2D eigenvalue weighted by Crippen LogP contribution is 2.22. The van der Waals surface area contributed by atoms with E-state index in [9.17, 15) is 14.4 Å². The number of benzene rings is 2. The Hall–Kier alpha value is -3.61. The summed E-state index contributed by atoms with van der Waals surface area (Å²) in [6.45, 7) is 3.53. The van der Waals surface area contributed by atoms with Crippen molar-refractivity contribution < 1.29 is 19.1 Å². The fourth-order valence-corrected chi connectivity index (χ4v) is 3.14. The average Bonchev–Trinajstić information content (AvgIpc) is 2.72. The molecule has 0 aliphatic heterocycles. The SMILES string of the molecule is COc1ccc([C@@H](CC(=O)OC(C)C)NC(=O)c2cc3ccccc3c(=O)[nH]2)cc1. The predicted octanol–water partition coefficient (Wildman–Crippen LogP) is 3.35. The van der Waals surface area contributed by atoms with Crippen molar-refractivity contribution in [2.75, 3.05) is 7.11 Å². The Labute approximate surface area is 174 Å². The number of ether oxygens (including phenoxy) is 2. The van der Waals surface area contributed by atoms with Crippen molar-refractivity contribution in [1.82, 2.24) is 10.3 Å². The molecule has 0 bridgehead atoms. The second kappa shape index (κ2) is 9.26. The number of aromatic amines is 1. The van der Waals surface area contributed by atoms with Crippen molar-refractivity contribution in [3.05, 3.63) is 76.2 Å². The van der Waals surface area contributed by atoms with Crippen LogP contribution in [-0.4, -0.2) is 30.1 Å². The van der Waals surface area contributed by atoms with Gasteiger partial charge in [0.1, 0.15) is 11.4 Å². The van der Waals surface area contributed by atoms with E-state index in [1.807, 2.05) is 0 Å². The molecule has 0 fully saturated rings. The molecule has 0 saturated carbocycles. The minimum atomic E-state index is -0.635. The zero-order valence-electron chi connectivity index (χ0n) is 17.1. The summed E-state index contributed by atoms with van der Waals surface area (Å²) in [5.74, 6) is -0.262. The van der Waals surface area contributed by atoms with Crippen LogP contribution in [0, 0.1) is 0 Å². The molecule has 0 radical (unpaired) electrons. The van der Waals surface area contributed by atoms with Crippen LogP contribution in [0.1, 0.15) is 42.4 Å². The number of carbonyl (C=O) groups is 2. The van der Waals surface area contributed by atoms with E-state index in [0.717, 1.165) is 0 Å². The molecular formula is C23H24N2O5. The van der Waals surface area contributed by atoms with Gasteiger partial charge < -0.3 is 19.8 Å². The number of fused-ring (bicyclic) bond motifs is 1. The summed E-state index contributed by atoms with van der Waals surface area (Å²) in [7, 11) is 1.56. The van der Waals surface area contributed by atoms with E-state index in [1.54, 1.807) is 75.6 Å². The Morgan fingerprint density at radius 1 is 1.07 bits per heavy atom. The molecule has 156 valence electrons. The van der Waals surface area contributed by atoms with E-state index in [0.29, 0.717) is 22.1 Å². The highest BCUT2D eigenvalue weighted by Gasteiger charge is 2.21. The maximum Gasteiger partial charge on any atom is 0.308 e. The van der Waals surface area contributed by atoms with Crippen molar-refractivity contribution in [3.63, 3.8) is 0 Å². The number of esters is 1. The van der Waals surface area contributed by atoms with Crippen LogP contribution in [0.15, 0.2) is 59.4 Å². The Bertz CT molecular complexity index is 1100. The number of carbonyl (C=O) groups excluding carboxylic acids is 2. The van der Waals surface area contributed by atoms with Crippen molar-refractivity contribution in [2.24, 2.45) is 0 Å². The lowest BCUT2D eigenvalue weighted by Gasteiger charge is -2.20. The lowest BCUT2D eigenvalue weighted by molar-refractivity contribution is -0.147. The van der Waals surface area contributed by atoms with Crippen molar-refractivity contribution in [3.8, 4) is 5.75 Å². The van der Waals surface area contributed by atoms with E-state index >= 15 is 0 Å². The molecule has 1 heterocycles. The number of hydrogen-bond acceptors (Lipinski definition) is 5. The second-order valence-corrected chi connectivity index (χ2v) is 7.14. The molecule has 1 atom stereocenters. The fourth-order valence-electron chi connectivity index (χ4n) is 3.14. The minimum Gasteiger partial charge on any atom is -0.497 e. The van der Waals surface area contributed by atoms with E-state index in [1.165, 1.54) is 0 Å². The lowest BCUT2D eigenvalue weighted by Crippen LogP contribution is -2.32. The van der Waals surface area contributed by atoms with Gasteiger partial charge in [-0.1, -0.05) is 30.3 Å². The first-order valence-electron chi connectivity index (χ1n) is 9.63.